The van der Waals surface area contributed by atoms with Crippen molar-refractivity contribution >= 4 is 6.21 Å². The van der Waals surface area contributed by atoms with Crippen LogP contribution in [0.2, 0.25) is 0 Å². The van der Waals surface area contributed by atoms with Crippen molar-refractivity contribution in [1.29, 1.82) is 0 Å². The number of benzene rings is 2. The molecule has 38 heavy (non-hydrogen) atoms. The van der Waals surface area contributed by atoms with E-state index in [1.54, 1.807) is 27.5 Å². The number of nitrogens with zero attached hydrogens (tertiary/aromatic N) is 2. The van der Waals surface area contributed by atoms with Crippen molar-refractivity contribution in [1.82, 2.24) is 5.16 Å². The van der Waals surface area contributed by atoms with E-state index in [-0.39, 0.29) is 18.3 Å². The van der Waals surface area contributed by atoms with E-state index in [0.29, 0.717) is 5.76 Å². The first-order chi connectivity index (χ1) is 18.6. The molecule has 0 unspecified atom stereocenters. The molecule has 204 valence electrons. The van der Waals surface area contributed by atoms with E-state index >= 15 is 0 Å². The summed E-state index contributed by atoms with van der Waals surface area (Å²) in [5, 5.41) is 8.36. The molecule has 1 saturated heterocycles. The minimum absolute atomic E-state index is 0.250. The van der Waals surface area contributed by atoms with E-state index in [1.807, 2.05) is 61.5 Å². The molecular weight excluding hydrogens is 488 g/mol. The van der Waals surface area contributed by atoms with E-state index in [9.17, 15) is 0 Å². The predicted octanol–water partition coefficient (Wildman–Crippen LogP) is 5.33. The van der Waals surface area contributed by atoms with Crippen LogP contribution in [0.3, 0.4) is 0 Å². The van der Waals surface area contributed by atoms with Crippen LogP contribution in [0, 0.1) is 0 Å². The number of rotatable bonds is 12. The number of methoxy groups -OCH3 is 3. The topological polar surface area (TPSA) is 93.8 Å². The summed E-state index contributed by atoms with van der Waals surface area (Å²) in [6.07, 6.45) is 1.67. The second-order valence-electron chi connectivity index (χ2n) is 9.08. The normalized spacial score (nSPS) is 23.6. The molecule has 0 spiro atoms. The lowest BCUT2D eigenvalue weighted by atomic mass is 9.99. The van der Waals surface area contributed by atoms with Crippen molar-refractivity contribution in [2.45, 2.75) is 57.4 Å². The molecular formula is C29H36N2O7. The molecule has 1 aromatic heterocycles. The second kappa shape index (κ2) is 13.5. The Morgan fingerprint density at radius 3 is 2.24 bits per heavy atom. The minimum Gasteiger partial charge on any atom is -0.494 e. The molecule has 3 aromatic rings. The average Bonchev–Trinajstić information content (AvgIpc) is 3.44. The van der Waals surface area contributed by atoms with Gasteiger partial charge in [0.05, 0.1) is 18.9 Å². The fourth-order valence-electron chi connectivity index (χ4n) is 4.39. The van der Waals surface area contributed by atoms with Crippen LogP contribution >= 0.6 is 0 Å². The van der Waals surface area contributed by atoms with Gasteiger partial charge >= 0.3 is 0 Å². The van der Waals surface area contributed by atoms with Crippen LogP contribution in [0.15, 0.2) is 64.3 Å². The van der Waals surface area contributed by atoms with Crippen LogP contribution in [0.1, 0.15) is 32.3 Å². The molecule has 9 heteroatoms. The first-order valence-electron chi connectivity index (χ1n) is 12.8. The quantitative estimate of drug-likeness (QED) is 0.178. The van der Waals surface area contributed by atoms with Crippen molar-refractivity contribution in [2.75, 3.05) is 27.9 Å². The van der Waals surface area contributed by atoms with Crippen molar-refractivity contribution in [3.8, 4) is 28.3 Å². The zero-order chi connectivity index (χ0) is 26.9. The van der Waals surface area contributed by atoms with Gasteiger partial charge in [0, 0.05) is 38.5 Å². The van der Waals surface area contributed by atoms with E-state index in [4.69, 9.17) is 33.0 Å². The molecule has 0 bridgehead atoms. The van der Waals surface area contributed by atoms with Gasteiger partial charge in [-0.3, -0.25) is 0 Å². The zero-order valence-corrected chi connectivity index (χ0v) is 22.5. The third kappa shape index (κ3) is 6.60. The van der Waals surface area contributed by atoms with Crippen LogP contribution in [0.5, 0.6) is 5.75 Å². The van der Waals surface area contributed by atoms with Crippen LogP contribution in [-0.2, 0) is 23.8 Å². The fraction of sp³-hybridized carbons (Fsp3) is 0.448. The van der Waals surface area contributed by atoms with Gasteiger partial charge in [-0.15, -0.1) is 0 Å². The summed E-state index contributed by atoms with van der Waals surface area (Å²) in [5.41, 5.74) is 3.46. The number of aromatic nitrogens is 1. The molecule has 5 atom stereocenters. The number of hydrogen-bond donors (Lipinski definition) is 0. The van der Waals surface area contributed by atoms with E-state index < -0.39 is 12.4 Å². The van der Waals surface area contributed by atoms with Gasteiger partial charge in [-0.2, -0.15) is 0 Å². The standard InChI is InChI=1S/C29H36N2O7/c1-6-7-16-35-23-14-12-22(13-15-23)25-17-24(31-37-25)21-10-8-20(9-11-21)18-30-38-29-28(34-5)27(33-4)26(32-3)19(2)36-29/h8-15,17-19,26-29H,6-7,16H2,1-5H3/b30-18+/t19-,26-,27+,28+,29-/m0/s1. The second-order valence-corrected chi connectivity index (χ2v) is 9.08. The van der Waals surface area contributed by atoms with E-state index in [0.717, 1.165) is 47.6 Å². The smallest absolute Gasteiger partial charge is 0.256 e. The van der Waals surface area contributed by atoms with Crippen LogP contribution in [0.4, 0.5) is 0 Å². The van der Waals surface area contributed by atoms with Gasteiger partial charge in [-0.25, -0.2) is 0 Å². The highest BCUT2D eigenvalue weighted by Gasteiger charge is 2.46. The van der Waals surface area contributed by atoms with E-state index in [2.05, 4.69) is 17.2 Å². The van der Waals surface area contributed by atoms with E-state index in [1.165, 1.54) is 0 Å². The SMILES string of the molecule is CCCCOc1ccc(-c2cc(-c3ccc(/C=N/O[C@@H]4O[C@@H](C)[C@H](OC)[C@@H](OC)[C@H]4OC)cc3)no2)cc1. The van der Waals surface area contributed by atoms with Gasteiger partial charge in [0.15, 0.2) is 11.9 Å². The molecule has 1 aliphatic rings. The highest BCUT2D eigenvalue weighted by molar-refractivity contribution is 5.80. The lowest BCUT2D eigenvalue weighted by Crippen LogP contribution is -2.59. The first-order valence-corrected chi connectivity index (χ1v) is 12.8. The van der Waals surface area contributed by atoms with Gasteiger partial charge in [-0.1, -0.05) is 47.9 Å². The summed E-state index contributed by atoms with van der Waals surface area (Å²) in [4.78, 5) is 5.64. The Hall–Kier alpha value is -3.24. The Kier molecular flexibility index (Phi) is 9.89. The number of hydrogen-bond acceptors (Lipinski definition) is 9. The number of oxime groups is 1. The van der Waals surface area contributed by atoms with Crippen LogP contribution in [0.25, 0.3) is 22.6 Å². The van der Waals surface area contributed by atoms with Gasteiger partial charge in [0.2, 0.25) is 0 Å². The van der Waals surface area contributed by atoms with Crippen molar-refractivity contribution in [3.63, 3.8) is 0 Å². The van der Waals surface area contributed by atoms with Crippen molar-refractivity contribution < 1.29 is 33.0 Å². The maximum absolute atomic E-state index is 5.92. The molecule has 2 heterocycles. The Morgan fingerprint density at radius 1 is 0.895 bits per heavy atom. The Morgan fingerprint density at radius 2 is 1.58 bits per heavy atom. The molecule has 0 radical (unpaired) electrons. The van der Waals surface area contributed by atoms with Crippen molar-refractivity contribution in [3.05, 3.63) is 60.2 Å². The maximum Gasteiger partial charge on any atom is 0.256 e. The third-order valence-electron chi connectivity index (χ3n) is 6.53. The molecule has 0 N–H and O–H groups in total. The van der Waals surface area contributed by atoms with Gasteiger partial charge < -0.3 is 33.0 Å². The summed E-state index contributed by atoms with van der Waals surface area (Å²) < 4.78 is 33.9. The highest BCUT2D eigenvalue weighted by atomic mass is 16.8. The zero-order valence-electron chi connectivity index (χ0n) is 22.5. The third-order valence-corrected chi connectivity index (χ3v) is 6.53. The lowest BCUT2D eigenvalue weighted by molar-refractivity contribution is -0.305. The monoisotopic (exact) mass is 524 g/mol. The van der Waals surface area contributed by atoms with Crippen LogP contribution in [-0.4, -0.2) is 70.0 Å². The molecule has 2 aromatic carbocycles. The fourth-order valence-corrected chi connectivity index (χ4v) is 4.39. The number of ether oxygens (including phenoxy) is 5. The molecule has 0 amide bonds. The summed E-state index contributed by atoms with van der Waals surface area (Å²) in [6, 6.07) is 17.5. The molecule has 1 fully saturated rings. The lowest BCUT2D eigenvalue weighted by Gasteiger charge is -2.42. The van der Waals surface area contributed by atoms with Crippen LogP contribution < -0.4 is 4.74 Å². The predicted molar refractivity (Wildman–Crippen MR) is 143 cm³/mol. The molecule has 0 saturated carbocycles. The molecule has 9 nitrogen and oxygen atoms in total. The summed E-state index contributed by atoms with van der Waals surface area (Å²) in [5.74, 6) is 1.54. The van der Waals surface area contributed by atoms with Gasteiger partial charge in [-0.05, 0) is 43.2 Å². The van der Waals surface area contributed by atoms with Gasteiger partial charge in [0.25, 0.3) is 6.29 Å². The number of unbranched alkanes of at least 4 members (excludes halogenated alkanes) is 1. The highest BCUT2D eigenvalue weighted by Crippen LogP contribution is 2.29. The summed E-state index contributed by atoms with van der Waals surface area (Å²) in [7, 11) is 4.81. The summed E-state index contributed by atoms with van der Waals surface area (Å²) >= 11 is 0. The first kappa shape index (κ1) is 27.8. The Labute approximate surface area is 223 Å². The maximum atomic E-state index is 5.92. The summed E-state index contributed by atoms with van der Waals surface area (Å²) in [6.45, 7) is 4.77. The minimum atomic E-state index is -0.729. The molecule has 1 aliphatic heterocycles. The average molecular weight is 525 g/mol. The Bertz CT molecular complexity index is 1150. The molecule has 4 rings (SSSR count). The van der Waals surface area contributed by atoms with Crippen molar-refractivity contribution in [2.24, 2.45) is 5.16 Å². The largest absolute Gasteiger partial charge is 0.494 e. The Balaban J connectivity index is 1.36. The van der Waals surface area contributed by atoms with Gasteiger partial charge in [0.1, 0.15) is 23.7 Å². The molecule has 0 aliphatic carbocycles.